The predicted octanol–water partition coefficient (Wildman–Crippen LogP) is 2.45. The van der Waals surface area contributed by atoms with Gasteiger partial charge in [-0.1, -0.05) is 6.07 Å². The highest BCUT2D eigenvalue weighted by molar-refractivity contribution is 7.99. The molecule has 0 saturated heterocycles. The maximum Gasteiger partial charge on any atom is 0.124 e. The number of hydrogen-bond acceptors (Lipinski definition) is 4. The molecule has 0 bridgehead atoms. The third kappa shape index (κ3) is 3.40. The number of nitrogens with two attached hydrogens (primary N) is 1. The van der Waals surface area contributed by atoms with Crippen LogP contribution in [0.1, 0.15) is 18.5 Å². The lowest BCUT2D eigenvalue weighted by atomic mass is 10.1. The van der Waals surface area contributed by atoms with Crippen LogP contribution < -0.4 is 10.5 Å². The Balaban J connectivity index is 2.89. The van der Waals surface area contributed by atoms with E-state index in [0.29, 0.717) is 0 Å². The highest BCUT2D eigenvalue weighted by atomic mass is 32.2. The first kappa shape index (κ1) is 13.4. The van der Waals surface area contributed by atoms with Gasteiger partial charge in [-0.15, -0.1) is 11.8 Å². The molecule has 1 aromatic carbocycles. The van der Waals surface area contributed by atoms with Gasteiger partial charge in [0.25, 0.3) is 0 Å². The second-order valence-corrected chi connectivity index (χ2v) is 4.64. The normalized spacial score (nSPS) is 12.5. The van der Waals surface area contributed by atoms with Crippen molar-refractivity contribution >= 4 is 11.8 Å². The fourth-order valence-corrected chi connectivity index (χ4v) is 2.60. The van der Waals surface area contributed by atoms with Crippen LogP contribution in [-0.4, -0.2) is 26.6 Å². The Morgan fingerprint density at radius 1 is 1.38 bits per heavy atom. The van der Waals surface area contributed by atoms with Crippen molar-refractivity contribution in [3.05, 3.63) is 23.8 Å². The van der Waals surface area contributed by atoms with E-state index in [4.69, 9.17) is 15.2 Å². The molecule has 0 saturated carbocycles. The average molecular weight is 241 g/mol. The third-order valence-electron chi connectivity index (χ3n) is 2.25. The van der Waals surface area contributed by atoms with E-state index in [-0.39, 0.29) is 6.04 Å². The van der Waals surface area contributed by atoms with Gasteiger partial charge in [-0.05, 0) is 19.1 Å². The van der Waals surface area contributed by atoms with Crippen LogP contribution in [0.2, 0.25) is 0 Å². The molecule has 16 heavy (non-hydrogen) atoms. The maximum atomic E-state index is 5.97. The molecule has 1 atom stereocenters. The van der Waals surface area contributed by atoms with Gasteiger partial charge in [0.1, 0.15) is 5.75 Å². The minimum atomic E-state index is -0.0267. The number of methoxy groups -OCH3 is 2. The topological polar surface area (TPSA) is 44.5 Å². The van der Waals surface area contributed by atoms with Crippen molar-refractivity contribution in [2.45, 2.75) is 17.9 Å². The summed E-state index contributed by atoms with van der Waals surface area (Å²) < 4.78 is 10.4. The Morgan fingerprint density at radius 2 is 2.12 bits per heavy atom. The van der Waals surface area contributed by atoms with Crippen LogP contribution in [0.25, 0.3) is 0 Å². The van der Waals surface area contributed by atoms with Crippen LogP contribution in [0.5, 0.6) is 5.75 Å². The molecule has 0 amide bonds. The van der Waals surface area contributed by atoms with Crippen molar-refractivity contribution in [3.63, 3.8) is 0 Å². The monoisotopic (exact) mass is 241 g/mol. The van der Waals surface area contributed by atoms with Gasteiger partial charge in [-0.25, -0.2) is 0 Å². The molecule has 90 valence electrons. The van der Waals surface area contributed by atoms with Crippen LogP contribution >= 0.6 is 11.8 Å². The summed E-state index contributed by atoms with van der Waals surface area (Å²) in [6, 6.07) is 5.97. The van der Waals surface area contributed by atoms with E-state index in [1.54, 1.807) is 26.0 Å². The molecule has 3 nitrogen and oxygen atoms in total. The molecular weight excluding hydrogens is 222 g/mol. The molecule has 0 aliphatic heterocycles. The van der Waals surface area contributed by atoms with Gasteiger partial charge in [0, 0.05) is 29.4 Å². The smallest absolute Gasteiger partial charge is 0.124 e. The molecule has 1 aromatic rings. The van der Waals surface area contributed by atoms with Gasteiger partial charge in [-0.3, -0.25) is 0 Å². The number of rotatable bonds is 6. The van der Waals surface area contributed by atoms with Gasteiger partial charge in [-0.2, -0.15) is 0 Å². The summed E-state index contributed by atoms with van der Waals surface area (Å²) >= 11 is 1.74. The first-order valence-electron chi connectivity index (χ1n) is 5.25. The van der Waals surface area contributed by atoms with E-state index < -0.39 is 0 Å². The zero-order valence-electron chi connectivity index (χ0n) is 10.0. The number of hydrogen-bond donors (Lipinski definition) is 1. The van der Waals surface area contributed by atoms with Crippen LogP contribution in [0.4, 0.5) is 0 Å². The molecule has 2 N–H and O–H groups in total. The second-order valence-electron chi connectivity index (χ2n) is 3.50. The van der Waals surface area contributed by atoms with Crippen molar-refractivity contribution in [3.8, 4) is 5.75 Å². The highest BCUT2D eigenvalue weighted by Crippen LogP contribution is 2.33. The van der Waals surface area contributed by atoms with Crippen molar-refractivity contribution in [1.82, 2.24) is 0 Å². The summed E-state index contributed by atoms with van der Waals surface area (Å²) in [5.74, 6) is 1.78. The number of thioether (sulfide) groups is 1. The highest BCUT2D eigenvalue weighted by Gasteiger charge is 2.12. The van der Waals surface area contributed by atoms with Crippen molar-refractivity contribution < 1.29 is 9.47 Å². The maximum absolute atomic E-state index is 5.97. The molecule has 0 aromatic heterocycles. The van der Waals surface area contributed by atoms with Gasteiger partial charge in [0.15, 0.2) is 0 Å². The molecule has 0 heterocycles. The Labute approximate surface area is 101 Å². The Morgan fingerprint density at radius 3 is 2.69 bits per heavy atom. The van der Waals surface area contributed by atoms with E-state index in [0.717, 1.165) is 23.7 Å². The lowest BCUT2D eigenvalue weighted by molar-refractivity contribution is 0.218. The summed E-state index contributed by atoms with van der Waals surface area (Å²) in [6.45, 7) is 2.71. The van der Waals surface area contributed by atoms with E-state index in [2.05, 4.69) is 6.07 Å². The van der Waals surface area contributed by atoms with E-state index in [9.17, 15) is 0 Å². The molecule has 4 heteroatoms. The second kappa shape index (κ2) is 6.78. The summed E-state index contributed by atoms with van der Waals surface area (Å²) in [4.78, 5) is 1.17. The van der Waals surface area contributed by atoms with Gasteiger partial charge < -0.3 is 15.2 Å². The Bertz CT molecular complexity index is 329. The number of ether oxygens (including phenoxy) is 2. The quantitative estimate of drug-likeness (QED) is 0.614. The van der Waals surface area contributed by atoms with Crippen molar-refractivity contribution in [1.29, 1.82) is 0 Å². The zero-order chi connectivity index (χ0) is 12.0. The molecular formula is C12H19NO2S. The van der Waals surface area contributed by atoms with Gasteiger partial charge in [0.2, 0.25) is 0 Å². The molecule has 0 aliphatic rings. The first-order chi connectivity index (χ1) is 7.70. The summed E-state index contributed by atoms with van der Waals surface area (Å²) in [5.41, 5.74) is 7.05. The SMILES string of the molecule is COCCSc1cccc(OC)c1[C@@H](C)N. The molecule has 1 rings (SSSR count). The lowest BCUT2D eigenvalue weighted by Gasteiger charge is -2.16. The van der Waals surface area contributed by atoms with Gasteiger partial charge in [0.05, 0.1) is 13.7 Å². The standard InChI is InChI=1S/C12H19NO2S/c1-9(13)12-10(15-3)5-4-6-11(12)16-8-7-14-2/h4-6,9H,7-8,13H2,1-3H3/t9-/m1/s1. The van der Waals surface area contributed by atoms with Crippen LogP contribution in [0.3, 0.4) is 0 Å². The minimum Gasteiger partial charge on any atom is -0.496 e. The molecule has 0 radical (unpaired) electrons. The predicted molar refractivity (Wildman–Crippen MR) is 68.2 cm³/mol. The summed E-state index contributed by atoms with van der Waals surface area (Å²) in [6.07, 6.45) is 0. The Hall–Kier alpha value is -0.710. The third-order valence-corrected chi connectivity index (χ3v) is 3.28. The number of benzene rings is 1. The molecule has 0 fully saturated rings. The van der Waals surface area contributed by atoms with Crippen LogP contribution in [-0.2, 0) is 4.74 Å². The summed E-state index contributed by atoms with van der Waals surface area (Å²) in [7, 11) is 3.38. The van der Waals surface area contributed by atoms with Crippen molar-refractivity contribution in [2.24, 2.45) is 5.73 Å². The molecule has 0 spiro atoms. The van der Waals surface area contributed by atoms with Crippen LogP contribution in [0.15, 0.2) is 23.1 Å². The largest absolute Gasteiger partial charge is 0.496 e. The zero-order valence-corrected chi connectivity index (χ0v) is 10.8. The molecule has 0 aliphatic carbocycles. The molecule has 0 unspecified atom stereocenters. The minimum absolute atomic E-state index is 0.0267. The van der Waals surface area contributed by atoms with Crippen LogP contribution in [0, 0.1) is 0 Å². The van der Waals surface area contributed by atoms with Gasteiger partial charge >= 0.3 is 0 Å². The van der Waals surface area contributed by atoms with E-state index >= 15 is 0 Å². The average Bonchev–Trinajstić information content (AvgIpc) is 2.28. The fraction of sp³-hybridized carbons (Fsp3) is 0.500. The first-order valence-corrected chi connectivity index (χ1v) is 6.23. The van der Waals surface area contributed by atoms with Crippen molar-refractivity contribution in [2.75, 3.05) is 26.6 Å². The fourth-order valence-electron chi connectivity index (χ4n) is 1.51. The van der Waals surface area contributed by atoms with E-state index in [1.165, 1.54) is 4.90 Å². The Kier molecular flexibility index (Phi) is 5.66. The summed E-state index contributed by atoms with van der Waals surface area (Å²) in [5, 5.41) is 0. The lowest BCUT2D eigenvalue weighted by Crippen LogP contribution is -2.09. The van der Waals surface area contributed by atoms with E-state index in [1.807, 2.05) is 19.1 Å².